The van der Waals surface area contributed by atoms with Crippen LogP contribution in [0.1, 0.15) is 31.2 Å². The number of fused-ring (bicyclic) bond motifs is 1. The summed E-state index contributed by atoms with van der Waals surface area (Å²) in [6.07, 6.45) is 4.47. The fourth-order valence-corrected chi connectivity index (χ4v) is 2.48. The van der Waals surface area contributed by atoms with Crippen LogP contribution in [-0.4, -0.2) is 25.7 Å². The van der Waals surface area contributed by atoms with Gasteiger partial charge in [0.2, 0.25) is 0 Å². The highest BCUT2D eigenvalue weighted by Crippen LogP contribution is 2.32. The van der Waals surface area contributed by atoms with Gasteiger partial charge in [-0.05, 0) is 56.1 Å². The Bertz CT molecular complexity index is 504. The molecule has 0 aliphatic heterocycles. The molecule has 1 unspecified atom stereocenters. The Hall–Kier alpha value is -1.48. The zero-order valence-electron chi connectivity index (χ0n) is 11.4. The summed E-state index contributed by atoms with van der Waals surface area (Å²) in [7, 11) is 3.72. The Labute approximate surface area is 109 Å². The largest absolute Gasteiger partial charge is 0.497 e. The maximum Gasteiger partial charge on any atom is 0.119 e. The lowest BCUT2D eigenvalue weighted by atomic mass is 9.93. The number of nitrogens with one attached hydrogen (secondary N) is 2. The van der Waals surface area contributed by atoms with Crippen LogP contribution >= 0.6 is 0 Å². The topological polar surface area (TPSA) is 37.0 Å². The Balaban J connectivity index is 2.36. The van der Waals surface area contributed by atoms with Crippen LogP contribution in [0.25, 0.3) is 10.9 Å². The molecule has 0 radical (unpaired) electrons. The normalized spacial score (nSPS) is 12.8. The molecule has 1 atom stereocenters. The van der Waals surface area contributed by atoms with E-state index in [4.69, 9.17) is 4.74 Å². The van der Waals surface area contributed by atoms with Gasteiger partial charge in [-0.15, -0.1) is 0 Å². The van der Waals surface area contributed by atoms with Gasteiger partial charge >= 0.3 is 0 Å². The summed E-state index contributed by atoms with van der Waals surface area (Å²) < 4.78 is 5.31. The van der Waals surface area contributed by atoms with Gasteiger partial charge in [0, 0.05) is 17.1 Å². The van der Waals surface area contributed by atoms with Gasteiger partial charge < -0.3 is 15.0 Å². The maximum absolute atomic E-state index is 5.31. The second-order valence-electron chi connectivity index (χ2n) is 4.65. The second-order valence-corrected chi connectivity index (χ2v) is 4.65. The summed E-state index contributed by atoms with van der Waals surface area (Å²) >= 11 is 0. The molecule has 0 bridgehead atoms. The third kappa shape index (κ3) is 2.51. The first-order chi connectivity index (χ1) is 8.80. The number of benzene rings is 1. The highest BCUT2D eigenvalue weighted by Gasteiger charge is 2.14. The summed E-state index contributed by atoms with van der Waals surface area (Å²) in [5.74, 6) is 1.52. The average Bonchev–Trinajstić information content (AvgIpc) is 2.83. The third-order valence-corrected chi connectivity index (χ3v) is 3.60. The molecule has 0 fully saturated rings. The Morgan fingerprint density at radius 3 is 2.89 bits per heavy atom. The molecule has 18 heavy (non-hydrogen) atoms. The molecule has 1 aromatic heterocycles. The smallest absolute Gasteiger partial charge is 0.119 e. The molecule has 0 saturated heterocycles. The van der Waals surface area contributed by atoms with Crippen LogP contribution in [0.5, 0.6) is 5.75 Å². The van der Waals surface area contributed by atoms with Crippen molar-refractivity contribution in [2.75, 3.05) is 20.7 Å². The molecule has 0 aliphatic carbocycles. The first-order valence-corrected chi connectivity index (χ1v) is 6.59. The van der Waals surface area contributed by atoms with Crippen LogP contribution < -0.4 is 10.1 Å². The number of hydrogen-bond acceptors (Lipinski definition) is 2. The van der Waals surface area contributed by atoms with E-state index in [9.17, 15) is 0 Å². The highest BCUT2D eigenvalue weighted by atomic mass is 16.5. The van der Waals surface area contributed by atoms with Crippen molar-refractivity contribution in [2.24, 2.45) is 0 Å². The van der Waals surface area contributed by atoms with Gasteiger partial charge in [0.1, 0.15) is 5.75 Å². The van der Waals surface area contributed by atoms with Crippen LogP contribution in [0.2, 0.25) is 0 Å². The maximum atomic E-state index is 5.31. The van der Waals surface area contributed by atoms with E-state index in [1.807, 2.05) is 13.1 Å². The average molecular weight is 246 g/mol. The van der Waals surface area contributed by atoms with Gasteiger partial charge in [0.05, 0.1) is 7.11 Å². The molecule has 0 saturated carbocycles. The van der Waals surface area contributed by atoms with Crippen molar-refractivity contribution in [1.29, 1.82) is 0 Å². The first-order valence-electron chi connectivity index (χ1n) is 6.59. The van der Waals surface area contributed by atoms with E-state index in [0.29, 0.717) is 5.92 Å². The molecule has 0 aliphatic rings. The zero-order valence-corrected chi connectivity index (χ0v) is 11.4. The number of aromatic nitrogens is 1. The molecule has 0 spiro atoms. The highest BCUT2D eigenvalue weighted by molar-refractivity contribution is 5.85. The fraction of sp³-hybridized carbons (Fsp3) is 0.467. The molecule has 3 heteroatoms. The van der Waals surface area contributed by atoms with Crippen LogP contribution in [0.15, 0.2) is 24.4 Å². The molecule has 3 nitrogen and oxygen atoms in total. The van der Waals surface area contributed by atoms with E-state index in [1.54, 1.807) is 7.11 Å². The van der Waals surface area contributed by atoms with Crippen LogP contribution in [0.3, 0.4) is 0 Å². The second kappa shape index (κ2) is 5.91. The van der Waals surface area contributed by atoms with E-state index in [2.05, 4.69) is 35.6 Å². The number of hydrogen-bond donors (Lipinski definition) is 2. The molecule has 1 heterocycles. The summed E-state index contributed by atoms with van der Waals surface area (Å²) in [5, 5.41) is 4.52. The summed E-state index contributed by atoms with van der Waals surface area (Å²) in [5.41, 5.74) is 2.59. The van der Waals surface area contributed by atoms with E-state index >= 15 is 0 Å². The van der Waals surface area contributed by atoms with Gasteiger partial charge in [-0.25, -0.2) is 0 Å². The molecule has 1 aromatic carbocycles. The molecular formula is C15H22N2O. The molecule has 2 aromatic rings. The van der Waals surface area contributed by atoms with Crippen molar-refractivity contribution in [3.63, 3.8) is 0 Å². The minimum absolute atomic E-state index is 0.596. The summed E-state index contributed by atoms with van der Waals surface area (Å²) in [4.78, 5) is 3.35. The SMILES string of the molecule is CCC(CCNC)c1c[nH]c2ccc(OC)cc12. The zero-order chi connectivity index (χ0) is 13.0. The molecule has 0 amide bonds. The number of rotatable bonds is 6. The summed E-state index contributed by atoms with van der Waals surface area (Å²) in [6.45, 7) is 3.30. The van der Waals surface area contributed by atoms with Gasteiger partial charge in [0.15, 0.2) is 0 Å². The Kier molecular flexibility index (Phi) is 4.26. The quantitative estimate of drug-likeness (QED) is 0.820. The molecular weight excluding hydrogens is 224 g/mol. The Morgan fingerprint density at radius 1 is 1.39 bits per heavy atom. The van der Waals surface area contributed by atoms with Crippen molar-refractivity contribution >= 4 is 10.9 Å². The lowest BCUT2D eigenvalue weighted by Gasteiger charge is -2.14. The van der Waals surface area contributed by atoms with Crippen LogP contribution in [0.4, 0.5) is 0 Å². The lowest BCUT2D eigenvalue weighted by molar-refractivity contribution is 0.415. The van der Waals surface area contributed by atoms with Crippen molar-refractivity contribution in [1.82, 2.24) is 10.3 Å². The summed E-state index contributed by atoms with van der Waals surface area (Å²) in [6, 6.07) is 6.21. The van der Waals surface area contributed by atoms with Gasteiger partial charge in [-0.3, -0.25) is 0 Å². The predicted molar refractivity (Wildman–Crippen MR) is 76.4 cm³/mol. The van der Waals surface area contributed by atoms with Crippen molar-refractivity contribution in [3.8, 4) is 5.75 Å². The lowest BCUT2D eigenvalue weighted by Crippen LogP contribution is -2.11. The molecule has 2 N–H and O–H groups in total. The van der Waals surface area contributed by atoms with E-state index in [1.165, 1.54) is 16.5 Å². The van der Waals surface area contributed by atoms with Gasteiger partial charge in [0.25, 0.3) is 0 Å². The Morgan fingerprint density at radius 2 is 2.22 bits per heavy atom. The standard InChI is InChI=1S/C15H22N2O/c1-4-11(7-8-16-2)14-10-17-15-6-5-12(18-3)9-13(14)15/h5-6,9-11,16-17H,4,7-8H2,1-3H3. The third-order valence-electron chi connectivity index (χ3n) is 3.60. The minimum Gasteiger partial charge on any atom is -0.497 e. The number of aromatic amines is 1. The number of ether oxygens (including phenoxy) is 1. The fourth-order valence-electron chi connectivity index (χ4n) is 2.48. The van der Waals surface area contributed by atoms with E-state index < -0.39 is 0 Å². The van der Waals surface area contributed by atoms with Crippen molar-refractivity contribution in [2.45, 2.75) is 25.7 Å². The molecule has 2 rings (SSSR count). The predicted octanol–water partition coefficient (Wildman–Crippen LogP) is 3.28. The van der Waals surface area contributed by atoms with Crippen molar-refractivity contribution < 1.29 is 4.74 Å². The minimum atomic E-state index is 0.596. The molecule has 98 valence electrons. The number of methoxy groups -OCH3 is 1. The first kappa shape index (κ1) is 13.0. The number of H-pyrrole nitrogens is 1. The monoisotopic (exact) mass is 246 g/mol. The van der Waals surface area contributed by atoms with Crippen LogP contribution in [-0.2, 0) is 0 Å². The van der Waals surface area contributed by atoms with Gasteiger partial charge in [-0.1, -0.05) is 6.92 Å². The van der Waals surface area contributed by atoms with Gasteiger partial charge in [-0.2, -0.15) is 0 Å². The van der Waals surface area contributed by atoms with E-state index in [0.717, 1.165) is 25.1 Å². The van der Waals surface area contributed by atoms with E-state index in [-0.39, 0.29) is 0 Å². The van der Waals surface area contributed by atoms with Crippen LogP contribution in [0, 0.1) is 0 Å². The van der Waals surface area contributed by atoms with Crippen molar-refractivity contribution in [3.05, 3.63) is 30.0 Å².